The van der Waals surface area contributed by atoms with Gasteiger partial charge < -0.3 is 20.9 Å². The predicted octanol–water partition coefficient (Wildman–Crippen LogP) is 1.34. The molecule has 4 N–H and O–H groups in total. The largest absolute Gasteiger partial charge is 0.478 e. The number of carboxylic acid groups (broad SMARTS) is 1. The number of aromatic carboxylic acids is 1. The van der Waals surface area contributed by atoms with Crippen LogP contribution in [0.25, 0.3) is 0 Å². The molecule has 0 aromatic carbocycles. The molecule has 0 saturated carbocycles. The first kappa shape index (κ1) is 12.6. The van der Waals surface area contributed by atoms with E-state index in [0.29, 0.717) is 19.0 Å². The Labute approximate surface area is 105 Å². The lowest BCUT2D eigenvalue weighted by Crippen LogP contribution is -2.41. The zero-order valence-electron chi connectivity index (χ0n) is 10.3. The second kappa shape index (κ2) is 4.81. The van der Waals surface area contributed by atoms with Crippen molar-refractivity contribution in [3.8, 4) is 0 Å². The Balaban J connectivity index is 2.23. The van der Waals surface area contributed by atoms with E-state index < -0.39 is 5.97 Å². The summed E-state index contributed by atoms with van der Waals surface area (Å²) in [5, 5.41) is 12.2. The molecular formula is C12H17N3O3. The van der Waals surface area contributed by atoms with E-state index in [1.54, 1.807) is 0 Å². The molecule has 1 aliphatic rings. The van der Waals surface area contributed by atoms with Gasteiger partial charge in [-0.15, -0.1) is 0 Å². The number of nitrogens with two attached hydrogens (primary N) is 1. The molecule has 1 fully saturated rings. The quantitative estimate of drug-likeness (QED) is 0.750. The maximum atomic E-state index is 11.0. The molecular weight excluding hydrogens is 234 g/mol. The number of rotatable bonds is 3. The summed E-state index contributed by atoms with van der Waals surface area (Å²) in [5.41, 5.74) is 5.92. The van der Waals surface area contributed by atoms with E-state index in [-0.39, 0.29) is 16.8 Å². The smallest absolute Gasteiger partial charge is 0.337 e. The molecule has 6 nitrogen and oxygen atoms in total. The zero-order chi connectivity index (χ0) is 13.2. The Bertz CT molecular complexity index is 456. The fourth-order valence-electron chi connectivity index (χ4n) is 1.99. The molecule has 2 rings (SSSR count). The maximum Gasteiger partial charge on any atom is 0.337 e. The van der Waals surface area contributed by atoms with Crippen LogP contribution in [-0.2, 0) is 4.74 Å². The van der Waals surface area contributed by atoms with Gasteiger partial charge in [-0.25, -0.2) is 9.78 Å². The molecule has 18 heavy (non-hydrogen) atoms. The molecule has 1 aromatic heterocycles. The Morgan fingerprint density at radius 2 is 2.22 bits per heavy atom. The second-order valence-electron chi connectivity index (χ2n) is 4.72. The maximum absolute atomic E-state index is 11.0. The van der Waals surface area contributed by atoms with Gasteiger partial charge in [0.1, 0.15) is 5.82 Å². The Morgan fingerprint density at radius 1 is 1.56 bits per heavy atom. The number of hydrogen-bond donors (Lipinski definition) is 3. The lowest BCUT2D eigenvalue weighted by molar-refractivity contribution is 0.0655. The first-order valence-corrected chi connectivity index (χ1v) is 5.85. The topological polar surface area (TPSA) is 97.5 Å². The minimum Gasteiger partial charge on any atom is -0.478 e. The molecule has 0 radical (unpaired) electrons. The Morgan fingerprint density at radius 3 is 2.83 bits per heavy atom. The van der Waals surface area contributed by atoms with Crippen molar-refractivity contribution in [2.24, 2.45) is 0 Å². The fourth-order valence-corrected chi connectivity index (χ4v) is 1.99. The lowest BCUT2D eigenvalue weighted by atomic mass is 9.92. The minimum absolute atomic E-state index is 0.0724. The van der Waals surface area contributed by atoms with Crippen molar-refractivity contribution in [2.45, 2.75) is 25.3 Å². The van der Waals surface area contributed by atoms with Gasteiger partial charge in [-0.3, -0.25) is 0 Å². The van der Waals surface area contributed by atoms with Crippen molar-refractivity contribution in [1.29, 1.82) is 0 Å². The van der Waals surface area contributed by atoms with Crippen molar-refractivity contribution in [3.05, 3.63) is 17.8 Å². The number of carbonyl (C=O) groups is 1. The SMILES string of the molecule is CC1(Nc2nccc(C(=O)O)c2N)CCOCC1. The summed E-state index contributed by atoms with van der Waals surface area (Å²) in [6, 6.07) is 1.40. The number of nitrogen functional groups attached to an aromatic ring is 1. The average Bonchev–Trinajstić information content (AvgIpc) is 2.32. The molecule has 0 amide bonds. The number of aromatic nitrogens is 1. The highest BCUT2D eigenvalue weighted by Crippen LogP contribution is 2.28. The van der Waals surface area contributed by atoms with Crippen molar-refractivity contribution in [3.63, 3.8) is 0 Å². The van der Waals surface area contributed by atoms with E-state index in [9.17, 15) is 4.79 Å². The van der Waals surface area contributed by atoms with Crippen LogP contribution in [0.4, 0.5) is 11.5 Å². The molecule has 1 aliphatic heterocycles. The number of ether oxygens (including phenoxy) is 1. The van der Waals surface area contributed by atoms with Crippen LogP contribution in [0.2, 0.25) is 0 Å². The molecule has 2 heterocycles. The van der Waals surface area contributed by atoms with Gasteiger partial charge >= 0.3 is 5.97 Å². The van der Waals surface area contributed by atoms with Crippen LogP contribution < -0.4 is 11.1 Å². The summed E-state index contributed by atoms with van der Waals surface area (Å²) in [6.07, 6.45) is 3.13. The van der Waals surface area contributed by atoms with Crippen LogP contribution in [0.5, 0.6) is 0 Å². The van der Waals surface area contributed by atoms with E-state index in [0.717, 1.165) is 12.8 Å². The first-order chi connectivity index (χ1) is 8.52. The number of pyridine rings is 1. The van der Waals surface area contributed by atoms with Gasteiger partial charge in [-0.05, 0) is 25.8 Å². The Hall–Kier alpha value is -1.82. The standard InChI is InChI=1S/C12H17N3O3/c1-12(3-6-18-7-4-12)15-10-9(13)8(11(16)17)2-5-14-10/h2,5H,3-4,6-7,13H2,1H3,(H,14,15)(H,16,17). The molecule has 0 spiro atoms. The number of hydrogen-bond acceptors (Lipinski definition) is 5. The molecule has 0 bridgehead atoms. The summed E-state index contributed by atoms with van der Waals surface area (Å²) >= 11 is 0. The van der Waals surface area contributed by atoms with Crippen LogP contribution in [-0.4, -0.2) is 34.8 Å². The molecule has 98 valence electrons. The van der Waals surface area contributed by atoms with Gasteiger partial charge in [0.25, 0.3) is 0 Å². The van der Waals surface area contributed by atoms with E-state index >= 15 is 0 Å². The van der Waals surface area contributed by atoms with Crippen LogP contribution in [0.15, 0.2) is 12.3 Å². The van der Waals surface area contributed by atoms with Crippen LogP contribution in [0, 0.1) is 0 Å². The zero-order valence-corrected chi connectivity index (χ0v) is 10.3. The minimum atomic E-state index is -1.05. The number of nitrogens with one attached hydrogen (secondary N) is 1. The summed E-state index contributed by atoms with van der Waals surface area (Å²) in [6.45, 7) is 3.42. The number of nitrogens with zero attached hydrogens (tertiary/aromatic N) is 1. The monoisotopic (exact) mass is 251 g/mol. The fraction of sp³-hybridized carbons (Fsp3) is 0.500. The van der Waals surface area contributed by atoms with Crippen LogP contribution in [0.1, 0.15) is 30.1 Å². The highest BCUT2D eigenvalue weighted by molar-refractivity contribution is 5.96. The normalized spacial score (nSPS) is 18.3. The van der Waals surface area contributed by atoms with Gasteiger partial charge in [0.05, 0.1) is 11.3 Å². The van der Waals surface area contributed by atoms with Gasteiger partial charge in [0.15, 0.2) is 0 Å². The first-order valence-electron chi connectivity index (χ1n) is 5.85. The number of carboxylic acids is 1. The van der Waals surface area contributed by atoms with Crippen molar-refractivity contribution in [1.82, 2.24) is 4.98 Å². The number of anilines is 2. The molecule has 0 unspecified atom stereocenters. The predicted molar refractivity (Wildman–Crippen MR) is 67.7 cm³/mol. The van der Waals surface area contributed by atoms with Crippen LogP contribution in [0.3, 0.4) is 0 Å². The summed E-state index contributed by atoms with van der Waals surface area (Å²) in [5.74, 6) is -0.616. The summed E-state index contributed by atoms with van der Waals surface area (Å²) < 4.78 is 5.31. The van der Waals surface area contributed by atoms with Gasteiger partial charge in [-0.2, -0.15) is 0 Å². The molecule has 6 heteroatoms. The van der Waals surface area contributed by atoms with E-state index in [1.165, 1.54) is 12.3 Å². The average molecular weight is 251 g/mol. The van der Waals surface area contributed by atoms with Gasteiger partial charge in [-0.1, -0.05) is 0 Å². The third-order valence-corrected chi connectivity index (χ3v) is 3.24. The molecule has 0 aliphatic carbocycles. The third kappa shape index (κ3) is 2.53. The molecule has 1 saturated heterocycles. The van der Waals surface area contributed by atoms with E-state index in [1.807, 2.05) is 0 Å². The van der Waals surface area contributed by atoms with Crippen molar-refractivity contribution in [2.75, 3.05) is 24.3 Å². The van der Waals surface area contributed by atoms with Crippen molar-refractivity contribution >= 4 is 17.5 Å². The second-order valence-corrected chi connectivity index (χ2v) is 4.72. The highest BCUT2D eigenvalue weighted by Gasteiger charge is 2.28. The van der Waals surface area contributed by atoms with Crippen molar-refractivity contribution < 1.29 is 14.6 Å². The van der Waals surface area contributed by atoms with Crippen LogP contribution >= 0.6 is 0 Å². The summed E-state index contributed by atoms with van der Waals surface area (Å²) in [7, 11) is 0. The van der Waals surface area contributed by atoms with E-state index in [2.05, 4.69) is 17.2 Å². The third-order valence-electron chi connectivity index (χ3n) is 3.24. The van der Waals surface area contributed by atoms with E-state index in [4.69, 9.17) is 15.6 Å². The molecule has 1 aromatic rings. The van der Waals surface area contributed by atoms with Gasteiger partial charge in [0, 0.05) is 24.9 Å². The summed E-state index contributed by atoms with van der Waals surface area (Å²) in [4.78, 5) is 15.1. The van der Waals surface area contributed by atoms with Gasteiger partial charge in [0.2, 0.25) is 0 Å². The highest BCUT2D eigenvalue weighted by atomic mass is 16.5. The lowest BCUT2D eigenvalue weighted by Gasteiger charge is -2.35. The Kier molecular flexibility index (Phi) is 3.38. The molecule has 0 atom stereocenters.